The van der Waals surface area contributed by atoms with Crippen molar-refractivity contribution in [3.8, 4) is 5.75 Å². The lowest BCUT2D eigenvalue weighted by molar-refractivity contribution is -0.119. The summed E-state index contributed by atoms with van der Waals surface area (Å²) < 4.78 is 5.54. The van der Waals surface area contributed by atoms with Crippen LogP contribution in [0, 0.1) is 6.92 Å². The number of anilines is 1. The van der Waals surface area contributed by atoms with Crippen LogP contribution < -0.4 is 9.64 Å². The molecule has 2 amide bonds. The van der Waals surface area contributed by atoms with E-state index in [0.29, 0.717) is 28.6 Å². The van der Waals surface area contributed by atoms with Crippen LogP contribution in [0.1, 0.15) is 24.5 Å². The fourth-order valence-corrected chi connectivity index (χ4v) is 3.10. The van der Waals surface area contributed by atoms with Crippen LogP contribution in [0.2, 0.25) is 5.02 Å². The van der Waals surface area contributed by atoms with Crippen LogP contribution in [-0.2, 0) is 9.59 Å². The van der Waals surface area contributed by atoms with Crippen molar-refractivity contribution in [1.82, 2.24) is 0 Å². The number of imide groups is 1. The molecule has 0 saturated carbocycles. The summed E-state index contributed by atoms with van der Waals surface area (Å²) in [5.41, 5.74) is 2.00. The number of aryl methyl sites for hydroxylation is 1. The summed E-state index contributed by atoms with van der Waals surface area (Å²) >= 11 is 12.3. The molecule has 1 aliphatic rings. The van der Waals surface area contributed by atoms with E-state index in [-0.39, 0.29) is 10.6 Å². The lowest BCUT2D eigenvalue weighted by atomic mass is 10.1. The first-order valence-electron chi connectivity index (χ1n) is 8.22. The number of nitrogens with zero attached hydrogens (tertiary/aromatic N) is 1. The summed E-state index contributed by atoms with van der Waals surface area (Å²) in [7, 11) is 0. The monoisotopic (exact) mass is 389 g/mol. The van der Waals surface area contributed by atoms with Crippen LogP contribution in [0.3, 0.4) is 0 Å². The van der Waals surface area contributed by atoms with Gasteiger partial charge in [0.15, 0.2) is 0 Å². The normalized spacial score (nSPS) is 14.4. The molecule has 0 radical (unpaired) electrons. The van der Waals surface area contributed by atoms with E-state index in [1.165, 1.54) is 0 Å². The predicted octanol–water partition coefficient (Wildman–Crippen LogP) is 4.96. The van der Waals surface area contributed by atoms with Gasteiger partial charge in [-0.1, -0.05) is 48.3 Å². The molecule has 0 fully saturated rings. The Labute approximate surface area is 162 Å². The Hall–Kier alpha value is -2.30. The van der Waals surface area contributed by atoms with Gasteiger partial charge in [0.25, 0.3) is 11.8 Å². The second-order valence-electron chi connectivity index (χ2n) is 5.94. The van der Waals surface area contributed by atoms with Crippen molar-refractivity contribution >= 4 is 46.3 Å². The molecule has 2 aromatic rings. The standard InChI is InChI=1S/C20H17Cl2NO3/c1-3-10-26-15-8-5-13(6-9-15)17-18(22)20(25)23(19(17)24)14-7-4-12(2)16(21)11-14/h4-9,11H,3,10H2,1-2H3. The summed E-state index contributed by atoms with van der Waals surface area (Å²) in [6.07, 6.45) is 0.903. The maximum atomic E-state index is 12.9. The number of amides is 2. The number of hydrogen-bond acceptors (Lipinski definition) is 3. The highest BCUT2D eigenvalue weighted by Gasteiger charge is 2.39. The fourth-order valence-electron chi connectivity index (χ4n) is 2.65. The first-order valence-corrected chi connectivity index (χ1v) is 8.97. The van der Waals surface area contributed by atoms with Gasteiger partial charge in [-0.05, 0) is 48.7 Å². The molecule has 2 aromatic carbocycles. The number of halogens is 2. The molecule has 0 saturated heterocycles. The SMILES string of the molecule is CCCOc1ccc(C2=C(Cl)C(=O)N(c3ccc(C)c(Cl)c3)C2=O)cc1. The third-order valence-corrected chi connectivity index (χ3v) is 4.81. The Balaban J connectivity index is 1.92. The molecule has 26 heavy (non-hydrogen) atoms. The lowest BCUT2D eigenvalue weighted by Gasteiger charge is -2.16. The fraction of sp³-hybridized carbons (Fsp3) is 0.200. The smallest absolute Gasteiger partial charge is 0.277 e. The van der Waals surface area contributed by atoms with E-state index >= 15 is 0 Å². The number of carbonyl (C=O) groups excluding carboxylic acids is 2. The van der Waals surface area contributed by atoms with Gasteiger partial charge < -0.3 is 4.74 Å². The summed E-state index contributed by atoms with van der Waals surface area (Å²) in [5.74, 6) is -0.327. The van der Waals surface area contributed by atoms with Crippen molar-refractivity contribution in [1.29, 1.82) is 0 Å². The third-order valence-electron chi connectivity index (χ3n) is 4.06. The number of hydrogen-bond donors (Lipinski definition) is 0. The second-order valence-corrected chi connectivity index (χ2v) is 6.73. The maximum Gasteiger partial charge on any atom is 0.277 e. The molecule has 4 nitrogen and oxygen atoms in total. The van der Waals surface area contributed by atoms with Crippen LogP contribution >= 0.6 is 23.2 Å². The first kappa shape index (κ1) is 18.5. The second kappa shape index (κ2) is 7.52. The average molecular weight is 390 g/mol. The molecule has 1 heterocycles. The van der Waals surface area contributed by atoms with Crippen LogP contribution in [0.4, 0.5) is 5.69 Å². The first-order chi connectivity index (χ1) is 12.4. The quantitative estimate of drug-likeness (QED) is 0.678. The molecule has 0 N–H and O–H groups in total. The molecular formula is C20H17Cl2NO3. The maximum absolute atomic E-state index is 12.9. The van der Waals surface area contributed by atoms with Crippen molar-refractivity contribution in [3.63, 3.8) is 0 Å². The minimum absolute atomic E-state index is 0.103. The topological polar surface area (TPSA) is 46.6 Å². The van der Waals surface area contributed by atoms with Gasteiger partial charge in [0, 0.05) is 5.02 Å². The van der Waals surface area contributed by atoms with Gasteiger partial charge in [0.1, 0.15) is 10.8 Å². The molecule has 0 aliphatic carbocycles. The summed E-state index contributed by atoms with van der Waals surface area (Å²) in [5, 5.41) is 0.374. The van der Waals surface area contributed by atoms with Crippen molar-refractivity contribution in [3.05, 3.63) is 63.6 Å². The van der Waals surface area contributed by atoms with E-state index in [9.17, 15) is 9.59 Å². The molecule has 0 aromatic heterocycles. The van der Waals surface area contributed by atoms with Gasteiger partial charge in [-0.2, -0.15) is 0 Å². The summed E-state index contributed by atoms with van der Waals surface area (Å²) in [6, 6.07) is 12.0. The zero-order chi connectivity index (χ0) is 18.8. The molecule has 134 valence electrons. The van der Waals surface area contributed by atoms with Crippen LogP contribution in [0.25, 0.3) is 5.57 Å². The summed E-state index contributed by atoms with van der Waals surface area (Å²) in [6.45, 7) is 4.48. The molecule has 6 heteroatoms. The highest BCUT2D eigenvalue weighted by atomic mass is 35.5. The van der Waals surface area contributed by atoms with Gasteiger partial charge in [0.2, 0.25) is 0 Å². The molecule has 1 aliphatic heterocycles. The van der Waals surface area contributed by atoms with Gasteiger partial charge >= 0.3 is 0 Å². The highest BCUT2D eigenvalue weighted by molar-refractivity contribution is 6.60. The van der Waals surface area contributed by atoms with Gasteiger partial charge in [-0.3, -0.25) is 9.59 Å². The molecule has 3 rings (SSSR count). The van der Waals surface area contributed by atoms with Crippen molar-refractivity contribution in [2.75, 3.05) is 11.5 Å². The van der Waals surface area contributed by atoms with Gasteiger partial charge in [0.05, 0.1) is 17.9 Å². The van der Waals surface area contributed by atoms with E-state index in [4.69, 9.17) is 27.9 Å². The van der Waals surface area contributed by atoms with Gasteiger partial charge in [-0.15, -0.1) is 0 Å². The van der Waals surface area contributed by atoms with Crippen molar-refractivity contribution in [2.24, 2.45) is 0 Å². The zero-order valence-electron chi connectivity index (χ0n) is 14.4. The minimum atomic E-state index is -0.558. The molecule has 0 bridgehead atoms. The van der Waals surface area contributed by atoms with Crippen molar-refractivity contribution in [2.45, 2.75) is 20.3 Å². The van der Waals surface area contributed by atoms with Crippen LogP contribution in [0.15, 0.2) is 47.5 Å². The molecule has 0 spiro atoms. The van der Waals surface area contributed by atoms with Gasteiger partial charge in [-0.25, -0.2) is 4.90 Å². The van der Waals surface area contributed by atoms with E-state index in [0.717, 1.165) is 16.9 Å². The highest BCUT2D eigenvalue weighted by Crippen LogP contribution is 2.36. The Bertz CT molecular complexity index is 904. The Kier molecular flexibility index (Phi) is 5.35. The van der Waals surface area contributed by atoms with Crippen LogP contribution in [-0.4, -0.2) is 18.4 Å². The number of ether oxygens (including phenoxy) is 1. The third kappa shape index (κ3) is 3.35. The number of rotatable bonds is 5. The largest absolute Gasteiger partial charge is 0.494 e. The summed E-state index contributed by atoms with van der Waals surface area (Å²) in [4.78, 5) is 26.5. The van der Waals surface area contributed by atoms with Crippen molar-refractivity contribution < 1.29 is 14.3 Å². The average Bonchev–Trinajstić information content (AvgIpc) is 2.85. The number of benzene rings is 2. The molecular weight excluding hydrogens is 373 g/mol. The zero-order valence-corrected chi connectivity index (χ0v) is 15.9. The van der Waals surface area contributed by atoms with E-state index in [1.54, 1.807) is 42.5 Å². The Morgan fingerprint density at radius 3 is 2.31 bits per heavy atom. The lowest BCUT2D eigenvalue weighted by Crippen LogP contribution is -2.31. The van der Waals surface area contributed by atoms with Crippen LogP contribution in [0.5, 0.6) is 5.75 Å². The Morgan fingerprint density at radius 1 is 1.00 bits per heavy atom. The van der Waals surface area contributed by atoms with E-state index in [1.807, 2.05) is 13.8 Å². The molecule has 0 atom stereocenters. The minimum Gasteiger partial charge on any atom is -0.494 e. The predicted molar refractivity (Wildman–Crippen MR) is 104 cm³/mol. The number of carbonyl (C=O) groups is 2. The Morgan fingerprint density at radius 2 is 1.69 bits per heavy atom. The van der Waals surface area contributed by atoms with E-state index in [2.05, 4.69) is 0 Å². The van der Waals surface area contributed by atoms with E-state index < -0.39 is 11.8 Å². The molecule has 0 unspecified atom stereocenters.